The molecule has 0 atom stereocenters. The van der Waals surface area contributed by atoms with Gasteiger partial charge in [0, 0.05) is 12.1 Å². The number of nitrogens with two attached hydrogens (primary N) is 1. The summed E-state index contributed by atoms with van der Waals surface area (Å²) >= 11 is 0. The van der Waals surface area contributed by atoms with Crippen molar-refractivity contribution in [1.29, 1.82) is 0 Å². The first kappa shape index (κ1) is 18.2. The molecule has 0 saturated carbocycles. The number of carboxylic acids is 1. The quantitative estimate of drug-likeness (QED) is 0.537. The van der Waals surface area contributed by atoms with Crippen LogP contribution in [0.15, 0.2) is 54.6 Å². The number of hydrogen-bond donors (Lipinski definition) is 2. The first-order valence-electron chi connectivity index (χ1n) is 7.68. The standard InChI is InChI=1S/C19H19NO5/c20-10-11-24-17-3-1-2-15(12-17)18(21)9-6-14-4-7-16(8-5-14)25-13-19(22)23/h1-9,12H,10-11,13,20H2,(H,22,23)/b9-6+. The maximum Gasteiger partial charge on any atom is 0.341 e. The van der Waals surface area contributed by atoms with Crippen LogP contribution in [0.5, 0.6) is 11.5 Å². The monoisotopic (exact) mass is 341 g/mol. The van der Waals surface area contributed by atoms with E-state index in [1.165, 1.54) is 6.08 Å². The second-order valence-corrected chi connectivity index (χ2v) is 5.11. The number of ketones is 1. The van der Waals surface area contributed by atoms with Crippen molar-refractivity contribution in [1.82, 2.24) is 0 Å². The minimum absolute atomic E-state index is 0.149. The van der Waals surface area contributed by atoms with Gasteiger partial charge in [0.05, 0.1) is 0 Å². The molecule has 2 rings (SSSR count). The predicted octanol–water partition coefficient (Wildman–Crippen LogP) is 2.38. The molecule has 0 aliphatic carbocycles. The van der Waals surface area contributed by atoms with Crippen molar-refractivity contribution in [3.63, 3.8) is 0 Å². The Labute approximate surface area is 145 Å². The van der Waals surface area contributed by atoms with Gasteiger partial charge in [0.1, 0.15) is 18.1 Å². The van der Waals surface area contributed by atoms with E-state index in [1.807, 2.05) is 0 Å². The second-order valence-electron chi connectivity index (χ2n) is 5.11. The summed E-state index contributed by atoms with van der Waals surface area (Å²) in [6.45, 7) is 0.407. The molecule has 6 nitrogen and oxygen atoms in total. The Balaban J connectivity index is 1.98. The predicted molar refractivity (Wildman–Crippen MR) is 93.9 cm³/mol. The molecule has 0 aliphatic rings. The van der Waals surface area contributed by atoms with Crippen molar-refractivity contribution in [2.75, 3.05) is 19.8 Å². The number of ether oxygens (including phenoxy) is 2. The van der Waals surface area contributed by atoms with Crippen molar-refractivity contribution in [2.45, 2.75) is 0 Å². The third-order valence-corrected chi connectivity index (χ3v) is 3.17. The van der Waals surface area contributed by atoms with Crippen LogP contribution in [0.25, 0.3) is 6.08 Å². The lowest BCUT2D eigenvalue weighted by atomic mass is 10.1. The summed E-state index contributed by atoms with van der Waals surface area (Å²) in [5, 5.41) is 8.56. The van der Waals surface area contributed by atoms with Gasteiger partial charge in [-0.3, -0.25) is 4.79 Å². The third-order valence-electron chi connectivity index (χ3n) is 3.17. The van der Waals surface area contributed by atoms with E-state index < -0.39 is 12.6 Å². The summed E-state index contributed by atoms with van der Waals surface area (Å²) in [5.41, 5.74) is 6.71. The summed E-state index contributed by atoms with van der Waals surface area (Å²) in [6, 6.07) is 13.7. The topological polar surface area (TPSA) is 98.9 Å². The Kier molecular flexibility index (Phi) is 6.74. The highest BCUT2D eigenvalue weighted by molar-refractivity contribution is 6.07. The lowest BCUT2D eigenvalue weighted by Gasteiger charge is -2.05. The van der Waals surface area contributed by atoms with E-state index in [-0.39, 0.29) is 5.78 Å². The Morgan fingerprint density at radius 3 is 2.48 bits per heavy atom. The average Bonchev–Trinajstić information content (AvgIpc) is 2.63. The van der Waals surface area contributed by atoms with Gasteiger partial charge in [0.25, 0.3) is 0 Å². The van der Waals surface area contributed by atoms with Crippen LogP contribution in [0, 0.1) is 0 Å². The molecule has 25 heavy (non-hydrogen) atoms. The van der Waals surface area contributed by atoms with Gasteiger partial charge in [0.15, 0.2) is 12.4 Å². The summed E-state index contributed by atoms with van der Waals surface area (Å²) < 4.78 is 10.5. The van der Waals surface area contributed by atoms with Gasteiger partial charge in [-0.1, -0.05) is 30.3 Å². The molecule has 0 aliphatic heterocycles. The molecule has 0 fully saturated rings. The van der Waals surface area contributed by atoms with Gasteiger partial charge in [-0.15, -0.1) is 0 Å². The van der Waals surface area contributed by atoms with Crippen LogP contribution in [0.4, 0.5) is 0 Å². The maximum atomic E-state index is 12.2. The number of carbonyl (C=O) groups excluding carboxylic acids is 1. The molecule has 0 spiro atoms. The Morgan fingerprint density at radius 2 is 1.80 bits per heavy atom. The number of hydrogen-bond acceptors (Lipinski definition) is 5. The minimum Gasteiger partial charge on any atom is -0.492 e. The number of aliphatic carboxylic acids is 1. The third kappa shape index (κ3) is 6.12. The average molecular weight is 341 g/mol. The van der Waals surface area contributed by atoms with E-state index in [9.17, 15) is 9.59 Å². The zero-order valence-electron chi connectivity index (χ0n) is 13.6. The van der Waals surface area contributed by atoms with E-state index in [0.29, 0.717) is 30.2 Å². The number of benzene rings is 2. The van der Waals surface area contributed by atoms with Gasteiger partial charge < -0.3 is 20.3 Å². The van der Waals surface area contributed by atoms with Gasteiger partial charge in [0.2, 0.25) is 0 Å². The Hall–Kier alpha value is -3.12. The molecule has 0 amide bonds. The largest absolute Gasteiger partial charge is 0.492 e. The first-order chi connectivity index (χ1) is 12.1. The van der Waals surface area contributed by atoms with Gasteiger partial charge in [-0.05, 0) is 35.9 Å². The lowest BCUT2D eigenvalue weighted by Crippen LogP contribution is -2.10. The maximum absolute atomic E-state index is 12.2. The number of rotatable bonds is 9. The van der Waals surface area contributed by atoms with Crippen LogP contribution in [0.2, 0.25) is 0 Å². The van der Waals surface area contributed by atoms with E-state index in [0.717, 1.165) is 5.56 Å². The summed E-state index contributed by atoms with van der Waals surface area (Å²) in [7, 11) is 0. The molecule has 0 aromatic heterocycles. The molecule has 0 radical (unpaired) electrons. The number of carbonyl (C=O) groups is 2. The molecule has 6 heteroatoms. The van der Waals surface area contributed by atoms with Crippen LogP contribution >= 0.6 is 0 Å². The smallest absolute Gasteiger partial charge is 0.341 e. The van der Waals surface area contributed by atoms with E-state index in [2.05, 4.69) is 0 Å². The molecule has 0 unspecified atom stereocenters. The normalized spacial score (nSPS) is 10.6. The number of allylic oxidation sites excluding steroid dienone is 1. The van der Waals surface area contributed by atoms with Crippen LogP contribution in [-0.4, -0.2) is 36.6 Å². The fourth-order valence-corrected chi connectivity index (χ4v) is 2.00. The zero-order valence-corrected chi connectivity index (χ0v) is 13.6. The minimum atomic E-state index is -1.03. The van der Waals surface area contributed by atoms with Crippen LogP contribution < -0.4 is 15.2 Å². The molecule has 0 saturated heterocycles. The fourth-order valence-electron chi connectivity index (χ4n) is 2.00. The highest BCUT2D eigenvalue weighted by Crippen LogP contribution is 2.16. The summed E-state index contributed by atoms with van der Waals surface area (Å²) in [6.07, 6.45) is 3.14. The Bertz CT molecular complexity index is 753. The van der Waals surface area contributed by atoms with E-state index >= 15 is 0 Å². The van der Waals surface area contributed by atoms with Crippen molar-refractivity contribution in [3.05, 3.63) is 65.7 Å². The zero-order chi connectivity index (χ0) is 18.1. The summed E-state index contributed by atoms with van der Waals surface area (Å²) in [5.74, 6) is -0.128. The molecule has 3 N–H and O–H groups in total. The highest BCUT2D eigenvalue weighted by atomic mass is 16.5. The second kappa shape index (κ2) is 9.24. The van der Waals surface area contributed by atoms with Crippen LogP contribution in [-0.2, 0) is 4.79 Å². The number of carboxylic acid groups (broad SMARTS) is 1. The highest BCUT2D eigenvalue weighted by Gasteiger charge is 2.04. The molecule has 0 heterocycles. The van der Waals surface area contributed by atoms with Crippen molar-refractivity contribution < 1.29 is 24.2 Å². The van der Waals surface area contributed by atoms with Crippen molar-refractivity contribution in [2.24, 2.45) is 5.73 Å². The lowest BCUT2D eigenvalue weighted by molar-refractivity contribution is -0.139. The first-order valence-corrected chi connectivity index (χ1v) is 7.68. The van der Waals surface area contributed by atoms with Crippen molar-refractivity contribution in [3.8, 4) is 11.5 Å². The fraction of sp³-hybridized carbons (Fsp3) is 0.158. The SMILES string of the molecule is NCCOc1cccc(C(=O)/C=C/c2ccc(OCC(=O)O)cc2)c1. The molecular weight excluding hydrogens is 322 g/mol. The van der Waals surface area contributed by atoms with Crippen LogP contribution in [0.3, 0.4) is 0 Å². The Morgan fingerprint density at radius 1 is 1.04 bits per heavy atom. The van der Waals surface area contributed by atoms with Gasteiger partial charge in [-0.25, -0.2) is 4.79 Å². The van der Waals surface area contributed by atoms with Gasteiger partial charge in [-0.2, -0.15) is 0 Å². The van der Waals surface area contributed by atoms with E-state index in [1.54, 1.807) is 54.6 Å². The molecule has 0 bridgehead atoms. The molecular formula is C19H19NO5. The summed E-state index contributed by atoms with van der Waals surface area (Å²) in [4.78, 5) is 22.7. The van der Waals surface area contributed by atoms with E-state index in [4.69, 9.17) is 20.3 Å². The molecule has 130 valence electrons. The van der Waals surface area contributed by atoms with Gasteiger partial charge >= 0.3 is 5.97 Å². The molecule has 2 aromatic carbocycles. The molecule has 2 aromatic rings. The van der Waals surface area contributed by atoms with Crippen LogP contribution in [0.1, 0.15) is 15.9 Å². The van der Waals surface area contributed by atoms with Crippen molar-refractivity contribution >= 4 is 17.8 Å².